The van der Waals surface area contributed by atoms with Crippen molar-refractivity contribution in [2.45, 2.75) is 303 Å². The van der Waals surface area contributed by atoms with Crippen LogP contribution in [0.1, 0.15) is 285 Å². The molecule has 0 fully saturated rings. The third kappa shape index (κ3) is 79.7. The fourth-order valence-electron chi connectivity index (χ4n) is 10.0. The molecule has 0 bridgehead atoms. The van der Waals surface area contributed by atoms with Crippen molar-refractivity contribution in [3.63, 3.8) is 0 Å². The minimum Gasteiger partial charge on any atom is -0.462 e. The lowest BCUT2D eigenvalue weighted by molar-refractivity contribution is -0.161. The van der Waals surface area contributed by atoms with Crippen molar-refractivity contribution < 1.29 is 80.2 Å². The van der Waals surface area contributed by atoms with Crippen LogP contribution < -0.4 is 0 Å². The normalized spacial score (nSPS) is 14.9. The summed E-state index contributed by atoms with van der Waals surface area (Å²) >= 11 is 0. The number of rotatable bonds is 75. The van der Waals surface area contributed by atoms with Crippen molar-refractivity contribution in [1.82, 2.24) is 0 Å². The van der Waals surface area contributed by atoms with Gasteiger partial charge in [0.1, 0.15) is 19.3 Å². The first-order valence-corrected chi connectivity index (χ1v) is 44.3. The Labute approximate surface area is 665 Å². The van der Waals surface area contributed by atoms with Crippen LogP contribution in [-0.2, 0) is 65.4 Å². The Hall–Kier alpha value is -6.36. The second kappa shape index (κ2) is 80.7. The lowest BCUT2D eigenvalue weighted by Crippen LogP contribution is -2.30. The largest absolute Gasteiger partial charge is 0.472 e. The fraction of sp³-hybridized carbons (Fsp3) is 0.582. The average molecular weight is 1570 g/mol. The molecule has 17 nitrogen and oxygen atoms in total. The van der Waals surface area contributed by atoms with E-state index in [0.29, 0.717) is 44.9 Å². The number of carbonyl (C=O) groups excluding carboxylic acids is 4. The Morgan fingerprint density at radius 3 is 0.855 bits per heavy atom. The van der Waals surface area contributed by atoms with Crippen LogP contribution in [0.3, 0.4) is 0 Å². The van der Waals surface area contributed by atoms with Crippen molar-refractivity contribution in [3.05, 3.63) is 207 Å². The number of unbranched alkanes of at least 4 members (excludes halogenated alkanes) is 15. The minimum atomic E-state index is -5.03. The van der Waals surface area contributed by atoms with Crippen molar-refractivity contribution in [3.8, 4) is 0 Å². The van der Waals surface area contributed by atoms with Gasteiger partial charge in [-0.2, -0.15) is 0 Å². The summed E-state index contributed by atoms with van der Waals surface area (Å²) in [6.45, 7) is 4.34. The molecule has 3 N–H and O–H groups in total. The maximum atomic E-state index is 13.1. The maximum Gasteiger partial charge on any atom is 0.472 e. The Kier molecular flexibility index (Phi) is 76.0. The van der Waals surface area contributed by atoms with Crippen LogP contribution in [0.5, 0.6) is 0 Å². The summed E-state index contributed by atoms with van der Waals surface area (Å²) in [5.41, 5.74) is 0. The predicted molar refractivity (Wildman–Crippen MR) is 454 cm³/mol. The molecule has 620 valence electrons. The molecule has 0 saturated heterocycles. The molecular formula is C91H144O17P2. The van der Waals surface area contributed by atoms with Gasteiger partial charge in [-0.15, -0.1) is 0 Å². The van der Waals surface area contributed by atoms with E-state index in [0.717, 1.165) is 128 Å². The Bertz CT molecular complexity index is 2900. The van der Waals surface area contributed by atoms with Crippen molar-refractivity contribution >= 4 is 39.5 Å². The minimum absolute atomic E-state index is 0.00762. The van der Waals surface area contributed by atoms with E-state index < -0.39 is 97.5 Å². The molecule has 2 unspecified atom stereocenters. The van der Waals surface area contributed by atoms with Gasteiger partial charge >= 0.3 is 39.5 Å². The highest BCUT2D eigenvalue weighted by molar-refractivity contribution is 7.47. The van der Waals surface area contributed by atoms with E-state index in [-0.39, 0.29) is 25.7 Å². The second-order valence-electron chi connectivity index (χ2n) is 26.6. The van der Waals surface area contributed by atoms with Gasteiger partial charge in [0.05, 0.1) is 26.4 Å². The SMILES string of the molecule is CC/C=C\C/C=C\C/C=C\C/C=C\C/C=C\C/C=C\CCC(=O)OC[C@H](COP(=O)(O)OC[C@@H](O)COP(=O)(O)OC[C@@H](COC(=O)CCCCCCC/C=C\CCCCCCCC)OC(=O)CC/C=C\C/C=C\C/C=C\C/C=C\C/C=C\C/C=C\CC)OC(=O)CCC/C=C\C/C=C\C/C=C\C/C=C\CCCCC. The van der Waals surface area contributed by atoms with Gasteiger partial charge in [-0.1, -0.05) is 298 Å². The van der Waals surface area contributed by atoms with E-state index in [1.165, 1.54) is 57.8 Å². The Morgan fingerprint density at radius 1 is 0.264 bits per heavy atom. The number of aliphatic hydroxyl groups is 1. The number of ether oxygens (including phenoxy) is 4. The lowest BCUT2D eigenvalue weighted by atomic mass is 10.1. The predicted octanol–water partition coefficient (Wildman–Crippen LogP) is 24.7. The number of carbonyl (C=O) groups is 4. The molecule has 0 amide bonds. The van der Waals surface area contributed by atoms with Gasteiger partial charge in [0.25, 0.3) is 0 Å². The summed E-state index contributed by atoms with van der Waals surface area (Å²) in [5, 5.41) is 10.7. The number of phosphoric ester groups is 2. The van der Waals surface area contributed by atoms with Crippen LogP contribution in [0.4, 0.5) is 0 Å². The summed E-state index contributed by atoms with van der Waals surface area (Å²) in [4.78, 5) is 73.1. The van der Waals surface area contributed by atoms with Gasteiger partial charge in [0.2, 0.25) is 0 Å². The topological polar surface area (TPSA) is 237 Å². The van der Waals surface area contributed by atoms with E-state index in [9.17, 15) is 43.2 Å². The van der Waals surface area contributed by atoms with Crippen LogP contribution in [0.15, 0.2) is 207 Å². The van der Waals surface area contributed by atoms with Gasteiger partial charge in [0.15, 0.2) is 12.2 Å². The van der Waals surface area contributed by atoms with E-state index in [2.05, 4.69) is 186 Å². The maximum absolute atomic E-state index is 13.1. The number of aliphatic hydroxyl groups excluding tert-OH is 1. The van der Waals surface area contributed by atoms with E-state index in [1.54, 1.807) is 0 Å². The molecule has 19 heteroatoms. The summed E-state index contributed by atoms with van der Waals surface area (Å²) in [7, 11) is -10.1. The average Bonchev–Trinajstić information content (AvgIpc) is 0.906. The van der Waals surface area contributed by atoms with E-state index >= 15 is 0 Å². The van der Waals surface area contributed by atoms with Crippen LogP contribution in [0.2, 0.25) is 0 Å². The molecule has 110 heavy (non-hydrogen) atoms. The molecular weight excluding hydrogens is 1430 g/mol. The molecule has 0 spiro atoms. The van der Waals surface area contributed by atoms with Crippen LogP contribution in [0, 0.1) is 0 Å². The molecule has 0 aromatic carbocycles. The molecule has 0 aliphatic carbocycles. The molecule has 0 aliphatic heterocycles. The van der Waals surface area contributed by atoms with Gasteiger partial charge < -0.3 is 33.8 Å². The highest BCUT2D eigenvalue weighted by Crippen LogP contribution is 2.45. The smallest absolute Gasteiger partial charge is 0.462 e. The van der Waals surface area contributed by atoms with Crippen LogP contribution >= 0.6 is 15.6 Å². The summed E-state index contributed by atoms with van der Waals surface area (Å²) in [5.74, 6) is -2.47. The number of allylic oxidation sites excluding steroid dienone is 34. The van der Waals surface area contributed by atoms with Crippen molar-refractivity contribution in [2.24, 2.45) is 0 Å². The first-order chi connectivity index (χ1) is 53.7. The summed E-state index contributed by atoms with van der Waals surface area (Å²) < 4.78 is 68.5. The monoisotopic (exact) mass is 1570 g/mol. The standard InChI is InChI=1S/C91H144O17P2/c1-5-9-13-17-21-25-29-33-37-40-42-45-48-52-56-60-64-68-72-76-89(94)102-82-87(107-90(95)77-73-69-65-61-57-53-49-44-39-35-31-27-23-19-15-11-7-3)84-106-110(99,100)104-80-85(92)79-103-109(97,98)105-83-86(81-101-88(93)75-71-67-63-59-55-51-47-36-32-28-24-20-16-12-8-4)108-91(96)78-74-70-66-62-58-54-50-46-43-41-38-34-30-26-22-18-14-10-6-2/h9-10,13-14,21-23,25-27,33-39,42-43,45-47,49,52-54,56,58,61,64-66,68,70,85-87,92H,5-8,11-12,15-20,24,28-32,40-41,44,48,50-51,55,57,59-60,62-63,67,69,71-84H2,1-4H3,(H,97,98)(H,99,100)/b13-9-,14-10-,25-21-,26-22-,27-23-,37-33-,38-34-,39-35-,45-42-,46-43-,47-36-,53-49-,56-52-,58-54-,65-61-,68-64-,70-66-/t85-,86+,87+/m0/s1. The number of hydrogen-bond acceptors (Lipinski definition) is 15. The van der Waals surface area contributed by atoms with Gasteiger partial charge in [-0.25, -0.2) is 9.13 Å². The molecule has 0 heterocycles. The zero-order valence-electron chi connectivity index (χ0n) is 67.8. The second-order valence-corrected chi connectivity index (χ2v) is 29.5. The number of esters is 4. The van der Waals surface area contributed by atoms with Crippen LogP contribution in [-0.4, -0.2) is 96.7 Å². The van der Waals surface area contributed by atoms with Crippen molar-refractivity contribution in [2.75, 3.05) is 39.6 Å². The third-order valence-electron chi connectivity index (χ3n) is 16.2. The molecule has 0 radical (unpaired) electrons. The van der Waals surface area contributed by atoms with Gasteiger partial charge in [-0.05, 0) is 167 Å². The summed E-state index contributed by atoms with van der Waals surface area (Å²) in [6.07, 6.45) is 101. The molecule has 0 rings (SSSR count). The molecule has 0 saturated carbocycles. The van der Waals surface area contributed by atoms with E-state index in [4.69, 9.17) is 37.0 Å². The van der Waals surface area contributed by atoms with E-state index in [1.807, 2.05) is 48.6 Å². The zero-order chi connectivity index (χ0) is 80.3. The number of phosphoric acid groups is 2. The molecule has 0 aromatic heterocycles. The quantitative estimate of drug-likeness (QED) is 0.0169. The highest BCUT2D eigenvalue weighted by atomic mass is 31.2. The van der Waals surface area contributed by atoms with Gasteiger partial charge in [-0.3, -0.25) is 37.3 Å². The molecule has 0 aliphatic rings. The third-order valence-corrected chi connectivity index (χ3v) is 18.1. The first kappa shape index (κ1) is 104. The molecule has 0 aromatic rings. The Morgan fingerprint density at radius 2 is 0.500 bits per heavy atom. The van der Waals surface area contributed by atoms with Crippen LogP contribution in [0.25, 0.3) is 0 Å². The molecule has 5 atom stereocenters. The van der Waals surface area contributed by atoms with Gasteiger partial charge in [0, 0.05) is 25.7 Å². The lowest BCUT2D eigenvalue weighted by Gasteiger charge is -2.21. The Balaban J connectivity index is 5.59. The number of hydrogen-bond donors (Lipinski definition) is 3. The fourth-order valence-corrected chi connectivity index (χ4v) is 11.6. The zero-order valence-corrected chi connectivity index (χ0v) is 69.6. The first-order valence-electron chi connectivity index (χ1n) is 41.3. The highest BCUT2D eigenvalue weighted by Gasteiger charge is 2.30. The van der Waals surface area contributed by atoms with Crippen molar-refractivity contribution in [1.29, 1.82) is 0 Å². The summed E-state index contributed by atoms with van der Waals surface area (Å²) in [6, 6.07) is 0.